The van der Waals surface area contributed by atoms with Crippen molar-refractivity contribution in [3.63, 3.8) is 0 Å². The number of nitrogens with zero attached hydrogens (tertiary/aromatic N) is 2. The molecule has 1 fully saturated rings. The molecule has 0 radical (unpaired) electrons. The summed E-state index contributed by atoms with van der Waals surface area (Å²) in [6.45, 7) is 2.52. The molecule has 0 spiro atoms. The number of aromatic nitrogens is 1. The summed E-state index contributed by atoms with van der Waals surface area (Å²) in [6, 6.07) is 17.3. The SMILES string of the molecule is Cc1ccc(N2C(=O)C[C@H](C(=O)NCCc3ccccn3)[C@H]2c2cccs2)cc1. The van der Waals surface area contributed by atoms with Gasteiger partial charge in [-0.2, -0.15) is 0 Å². The molecule has 6 heteroatoms. The zero-order valence-corrected chi connectivity index (χ0v) is 17.1. The highest BCUT2D eigenvalue weighted by Crippen LogP contribution is 2.43. The molecule has 0 aliphatic carbocycles. The highest BCUT2D eigenvalue weighted by atomic mass is 32.1. The van der Waals surface area contributed by atoms with Gasteiger partial charge >= 0.3 is 0 Å². The number of benzene rings is 1. The summed E-state index contributed by atoms with van der Waals surface area (Å²) in [5, 5.41) is 5.00. The van der Waals surface area contributed by atoms with Crippen molar-refractivity contribution in [2.24, 2.45) is 5.92 Å². The predicted octanol–water partition coefficient (Wildman–Crippen LogP) is 3.90. The Balaban J connectivity index is 1.53. The van der Waals surface area contributed by atoms with Crippen LogP contribution in [0.4, 0.5) is 5.69 Å². The first-order valence-electron chi connectivity index (χ1n) is 9.73. The fraction of sp³-hybridized carbons (Fsp3) is 0.261. The van der Waals surface area contributed by atoms with Crippen molar-refractivity contribution in [2.75, 3.05) is 11.4 Å². The summed E-state index contributed by atoms with van der Waals surface area (Å²) >= 11 is 1.58. The molecule has 2 aromatic heterocycles. The number of pyridine rings is 1. The van der Waals surface area contributed by atoms with Crippen LogP contribution in [-0.2, 0) is 16.0 Å². The zero-order chi connectivity index (χ0) is 20.2. The molecule has 3 aromatic rings. The van der Waals surface area contributed by atoms with E-state index in [1.54, 1.807) is 22.4 Å². The number of hydrogen-bond acceptors (Lipinski definition) is 4. The van der Waals surface area contributed by atoms with Crippen LogP contribution in [-0.4, -0.2) is 23.3 Å². The maximum absolute atomic E-state index is 13.0. The Morgan fingerprint density at radius 1 is 1.17 bits per heavy atom. The minimum Gasteiger partial charge on any atom is -0.355 e. The molecule has 0 bridgehead atoms. The second kappa shape index (κ2) is 8.57. The third-order valence-electron chi connectivity index (χ3n) is 5.21. The number of thiophene rings is 1. The van der Waals surface area contributed by atoms with E-state index in [-0.39, 0.29) is 24.3 Å². The first kappa shape index (κ1) is 19.3. The third-order valence-corrected chi connectivity index (χ3v) is 6.16. The molecule has 148 valence electrons. The van der Waals surface area contributed by atoms with E-state index in [0.29, 0.717) is 13.0 Å². The molecule has 29 heavy (non-hydrogen) atoms. The number of rotatable bonds is 6. The van der Waals surface area contributed by atoms with Crippen LogP contribution >= 0.6 is 11.3 Å². The Morgan fingerprint density at radius 2 is 2.00 bits per heavy atom. The van der Waals surface area contributed by atoms with Crippen molar-refractivity contribution < 1.29 is 9.59 Å². The molecule has 3 heterocycles. The van der Waals surface area contributed by atoms with Gasteiger partial charge in [-0.15, -0.1) is 11.3 Å². The van der Waals surface area contributed by atoms with Gasteiger partial charge in [-0.3, -0.25) is 14.6 Å². The Bertz CT molecular complexity index is 971. The minimum absolute atomic E-state index is 0.0165. The van der Waals surface area contributed by atoms with Gasteiger partial charge in [0.25, 0.3) is 0 Å². The second-order valence-corrected chi connectivity index (χ2v) is 8.21. The summed E-state index contributed by atoms with van der Waals surface area (Å²) in [7, 11) is 0. The van der Waals surface area contributed by atoms with Gasteiger partial charge in [0.1, 0.15) is 0 Å². The molecule has 1 N–H and O–H groups in total. The molecule has 0 saturated carbocycles. The maximum atomic E-state index is 13.0. The highest BCUT2D eigenvalue weighted by molar-refractivity contribution is 7.10. The van der Waals surface area contributed by atoms with E-state index in [1.807, 2.05) is 66.9 Å². The summed E-state index contributed by atoms with van der Waals surface area (Å²) < 4.78 is 0. The first-order chi connectivity index (χ1) is 14.1. The minimum atomic E-state index is -0.411. The average molecular weight is 406 g/mol. The molecular weight excluding hydrogens is 382 g/mol. The number of carbonyl (C=O) groups is 2. The van der Waals surface area contributed by atoms with Gasteiger partial charge in [0.15, 0.2) is 0 Å². The number of aryl methyl sites for hydroxylation is 1. The third kappa shape index (κ3) is 4.22. The van der Waals surface area contributed by atoms with Crippen LogP contribution < -0.4 is 10.2 Å². The van der Waals surface area contributed by atoms with Gasteiger partial charge in [0.2, 0.25) is 11.8 Å². The molecule has 5 nitrogen and oxygen atoms in total. The quantitative estimate of drug-likeness (QED) is 0.676. The summed E-state index contributed by atoms with van der Waals surface area (Å²) in [6.07, 6.45) is 2.63. The van der Waals surface area contributed by atoms with Crippen molar-refractivity contribution in [1.29, 1.82) is 0 Å². The van der Waals surface area contributed by atoms with Gasteiger partial charge in [-0.05, 0) is 42.6 Å². The van der Waals surface area contributed by atoms with Crippen LogP contribution in [0.2, 0.25) is 0 Å². The van der Waals surface area contributed by atoms with Crippen LogP contribution in [0.15, 0.2) is 66.2 Å². The van der Waals surface area contributed by atoms with Gasteiger partial charge in [0.05, 0.1) is 12.0 Å². The van der Waals surface area contributed by atoms with E-state index in [4.69, 9.17) is 0 Å². The molecule has 2 amide bonds. The summed E-state index contributed by atoms with van der Waals surface area (Å²) in [4.78, 5) is 33.0. The van der Waals surface area contributed by atoms with Gasteiger partial charge in [-0.1, -0.05) is 29.8 Å². The zero-order valence-electron chi connectivity index (χ0n) is 16.2. The predicted molar refractivity (Wildman–Crippen MR) is 115 cm³/mol. The van der Waals surface area contributed by atoms with Crippen LogP contribution in [0.5, 0.6) is 0 Å². The van der Waals surface area contributed by atoms with Crippen molar-refractivity contribution >= 4 is 28.8 Å². The summed E-state index contributed by atoms with van der Waals surface area (Å²) in [5.41, 5.74) is 2.91. The van der Waals surface area contributed by atoms with E-state index in [1.165, 1.54) is 0 Å². The lowest BCUT2D eigenvalue weighted by molar-refractivity contribution is -0.126. The van der Waals surface area contributed by atoms with Gasteiger partial charge < -0.3 is 10.2 Å². The lowest BCUT2D eigenvalue weighted by Crippen LogP contribution is -2.36. The fourth-order valence-electron chi connectivity index (χ4n) is 3.76. The number of anilines is 1. The standard InChI is InChI=1S/C23H23N3O2S/c1-16-7-9-18(10-8-16)26-21(27)15-19(22(26)20-6-4-14-29-20)23(28)25-13-11-17-5-2-3-12-24-17/h2-10,12,14,19,22H,11,13,15H2,1H3,(H,25,28)/t19-,22-/m0/s1. The monoisotopic (exact) mass is 405 g/mol. The Kier molecular flexibility index (Phi) is 5.71. The average Bonchev–Trinajstić information content (AvgIpc) is 3.37. The topological polar surface area (TPSA) is 62.3 Å². The number of nitrogens with one attached hydrogen (secondary N) is 1. The largest absolute Gasteiger partial charge is 0.355 e. The number of hydrogen-bond donors (Lipinski definition) is 1. The van der Waals surface area contributed by atoms with E-state index >= 15 is 0 Å². The number of amides is 2. The van der Waals surface area contributed by atoms with Crippen LogP contribution in [0, 0.1) is 12.8 Å². The van der Waals surface area contributed by atoms with Crippen molar-refractivity contribution in [1.82, 2.24) is 10.3 Å². The Hall–Kier alpha value is -2.99. The number of carbonyl (C=O) groups excluding carboxylic acids is 2. The molecule has 4 rings (SSSR count). The van der Waals surface area contributed by atoms with E-state index in [0.717, 1.165) is 21.8 Å². The summed E-state index contributed by atoms with van der Waals surface area (Å²) in [5.74, 6) is -0.509. The molecular formula is C23H23N3O2S. The van der Waals surface area contributed by atoms with E-state index < -0.39 is 5.92 Å². The smallest absolute Gasteiger partial charge is 0.228 e. The van der Waals surface area contributed by atoms with Crippen molar-refractivity contribution in [2.45, 2.75) is 25.8 Å². The van der Waals surface area contributed by atoms with Gasteiger partial charge in [-0.25, -0.2) is 0 Å². The highest BCUT2D eigenvalue weighted by Gasteiger charge is 2.45. The van der Waals surface area contributed by atoms with E-state index in [2.05, 4.69) is 10.3 Å². The molecule has 0 unspecified atom stereocenters. The molecule has 1 aromatic carbocycles. The van der Waals surface area contributed by atoms with Crippen molar-refractivity contribution in [3.05, 3.63) is 82.3 Å². The second-order valence-electron chi connectivity index (χ2n) is 7.23. The van der Waals surface area contributed by atoms with Crippen molar-refractivity contribution in [3.8, 4) is 0 Å². The van der Waals surface area contributed by atoms with Crippen LogP contribution in [0.25, 0.3) is 0 Å². The van der Waals surface area contributed by atoms with Crippen LogP contribution in [0.3, 0.4) is 0 Å². The Morgan fingerprint density at radius 3 is 2.69 bits per heavy atom. The lowest BCUT2D eigenvalue weighted by atomic mass is 9.97. The lowest BCUT2D eigenvalue weighted by Gasteiger charge is -2.27. The molecule has 1 aliphatic heterocycles. The molecule has 1 aliphatic rings. The van der Waals surface area contributed by atoms with Crippen LogP contribution in [0.1, 0.15) is 28.6 Å². The van der Waals surface area contributed by atoms with E-state index in [9.17, 15) is 9.59 Å². The molecule has 2 atom stereocenters. The fourth-order valence-corrected chi connectivity index (χ4v) is 4.64. The maximum Gasteiger partial charge on any atom is 0.228 e. The van der Waals surface area contributed by atoms with Gasteiger partial charge in [0, 0.05) is 41.8 Å². The first-order valence-corrected chi connectivity index (χ1v) is 10.6. The normalized spacial score (nSPS) is 18.8. The Labute approximate surface area is 174 Å². The molecule has 1 saturated heterocycles.